The first-order chi connectivity index (χ1) is 7.36. The fourth-order valence-corrected chi connectivity index (χ4v) is 2.20. The minimum Gasteiger partial charge on any atom is -0.316 e. The second-order valence-electron chi connectivity index (χ2n) is 3.69. The van der Waals surface area contributed by atoms with E-state index in [0.29, 0.717) is 0 Å². The van der Waals surface area contributed by atoms with Crippen LogP contribution in [0, 0.1) is 0 Å². The van der Waals surface area contributed by atoms with E-state index in [1.165, 1.54) is 29.3 Å². The van der Waals surface area contributed by atoms with Gasteiger partial charge < -0.3 is 5.32 Å². The lowest BCUT2D eigenvalue weighted by Crippen LogP contribution is -2.17. The van der Waals surface area contributed by atoms with Gasteiger partial charge in [0.1, 0.15) is 10.0 Å². The fraction of sp³-hybridized carbons (Fsp3) is 0.818. The highest BCUT2D eigenvalue weighted by molar-refractivity contribution is 7.11. The first kappa shape index (κ1) is 12.6. The van der Waals surface area contributed by atoms with Gasteiger partial charge in [-0.1, -0.05) is 20.3 Å². The Labute approximate surface area is 96.3 Å². The molecule has 1 aromatic rings. The molecule has 86 valence electrons. The Bertz CT molecular complexity index is 260. The van der Waals surface area contributed by atoms with E-state index in [9.17, 15) is 0 Å². The van der Waals surface area contributed by atoms with Gasteiger partial charge in [-0.05, 0) is 19.4 Å². The maximum atomic E-state index is 4.20. The first-order valence-corrected chi connectivity index (χ1v) is 6.70. The molecule has 1 N–H and O–H groups in total. The third-order valence-electron chi connectivity index (χ3n) is 2.20. The highest BCUT2D eigenvalue weighted by atomic mass is 32.1. The molecule has 0 aliphatic rings. The van der Waals surface area contributed by atoms with Gasteiger partial charge in [0.2, 0.25) is 0 Å². The molecule has 0 fully saturated rings. The van der Waals surface area contributed by atoms with Gasteiger partial charge in [-0.2, -0.15) is 0 Å². The van der Waals surface area contributed by atoms with Crippen LogP contribution in [0.1, 0.15) is 43.1 Å². The summed E-state index contributed by atoms with van der Waals surface area (Å²) in [5.41, 5.74) is 0. The number of nitrogens with zero attached hydrogens (tertiary/aromatic N) is 2. The van der Waals surface area contributed by atoms with Crippen LogP contribution in [0.4, 0.5) is 0 Å². The van der Waals surface area contributed by atoms with Crippen LogP contribution in [0.25, 0.3) is 0 Å². The van der Waals surface area contributed by atoms with Crippen LogP contribution in [0.3, 0.4) is 0 Å². The summed E-state index contributed by atoms with van der Waals surface area (Å²) < 4.78 is 0. The number of nitrogens with one attached hydrogen (secondary N) is 1. The summed E-state index contributed by atoms with van der Waals surface area (Å²) in [6, 6.07) is 0. The molecular weight excluding hydrogens is 206 g/mol. The van der Waals surface area contributed by atoms with Gasteiger partial charge in [0.25, 0.3) is 0 Å². The van der Waals surface area contributed by atoms with Crippen molar-refractivity contribution in [3.8, 4) is 0 Å². The lowest BCUT2D eigenvalue weighted by molar-refractivity contribution is 0.667. The minimum absolute atomic E-state index is 1.02. The van der Waals surface area contributed by atoms with E-state index in [-0.39, 0.29) is 0 Å². The summed E-state index contributed by atoms with van der Waals surface area (Å²) in [6.07, 6.45) is 5.76. The zero-order valence-corrected chi connectivity index (χ0v) is 10.6. The highest BCUT2D eigenvalue weighted by Crippen LogP contribution is 2.12. The van der Waals surface area contributed by atoms with Gasteiger partial charge in [-0.15, -0.1) is 21.5 Å². The van der Waals surface area contributed by atoms with E-state index in [4.69, 9.17) is 0 Å². The molecule has 15 heavy (non-hydrogen) atoms. The normalized spacial score (nSPS) is 10.8. The van der Waals surface area contributed by atoms with Crippen LogP contribution >= 0.6 is 11.3 Å². The first-order valence-electron chi connectivity index (χ1n) is 5.88. The molecule has 4 heteroatoms. The lowest BCUT2D eigenvalue weighted by Gasteiger charge is -1.98. The van der Waals surface area contributed by atoms with Crippen molar-refractivity contribution in [3.05, 3.63) is 10.0 Å². The predicted molar refractivity (Wildman–Crippen MR) is 65.4 cm³/mol. The summed E-state index contributed by atoms with van der Waals surface area (Å²) in [4.78, 5) is 0. The summed E-state index contributed by atoms with van der Waals surface area (Å²) in [5, 5.41) is 14.1. The Balaban J connectivity index is 2.20. The summed E-state index contributed by atoms with van der Waals surface area (Å²) in [5.74, 6) is 0. The van der Waals surface area contributed by atoms with Gasteiger partial charge in [-0.25, -0.2) is 0 Å². The second kappa shape index (κ2) is 7.77. The molecule has 0 bridgehead atoms. The van der Waals surface area contributed by atoms with Crippen LogP contribution in [-0.2, 0) is 12.8 Å². The van der Waals surface area contributed by atoms with E-state index < -0.39 is 0 Å². The van der Waals surface area contributed by atoms with Crippen molar-refractivity contribution >= 4 is 11.3 Å². The van der Waals surface area contributed by atoms with E-state index in [2.05, 4.69) is 29.4 Å². The molecular formula is C11H21N3S. The molecule has 0 atom stereocenters. The fourth-order valence-electron chi connectivity index (χ4n) is 1.32. The van der Waals surface area contributed by atoms with Crippen LogP contribution in [0.5, 0.6) is 0 Å². The standard InChI is InChI=1S/C11H21N3S/c1-3-5-6-10-13-14-11(15-10)7-9-12-8-4-2/h12H,3-9H2,1-2H3. The average Bonchev–Trinajstić information content (AvgIpc) is 2.69. The van der Waals surface area contributed by atoms with Crippen LogP contribution in [0.2, 0.25) is 0 Å². The molecule has 0 saturated heterocycles. The second-order valence-corrected chi connectivity index (χ2v) is 4.84. The summed E-state index contributed by atoms with van der Waals surface area (Å²) in [6.45, 7) is 6.51. The van der Waals surface area contributed by atoms with Crippen molar-refractivity contribution in [1.29, 1.82) is 0 Å². The van der Waals surface area contributed by atoms with Gasteiger partial charge in [0.05, 0.1) is 0 Å². The third-order valence-corrected chi connectivity index (χ3v) is 3.24. The monoisotopic (exact) mass is 227 g/mol. The van der Waals surface area contributed by atoms with Gasteiger partial charge in [-0.3, -0.25) is 0 Å². The Morgan fingerprint density at radius 1 is 1.00 bits per heavy atom. The molecule has 0 amide bonds. The number of aromatic nitrogens is 2. The number of unbranched alkanes of at least 4 members (excludes halogenated alkanes) is 1. The van der Waals surface area contributed by atoms with Gasteiger partial charge >= 0.3 is 0 Å². The van der Waals surface area contributed by atoms with Crippen LogP contribution < -0.4 is 5.32 Å². The van der Waals surface area contributed by atoms with Crippen molar-refractivity contribution in [2.24, 2.45) is 0 Å². The van der Waals surface area contributed by atoms with E-state index in [1.54, 1.807) is 11.3 Å². The smallest absolute Gasteiger partial charge is 0.118 e. The molecule has 0 aliphatic heterocycles. The topological polar surface area (TPSA) is 37.8 Å². The van der Waals surface area contributed by atoms with E-state index in [0.717, 1.165) is 25.9 Å². The van der Waals surface area contributed by atoms with E-state index >= 15 is 0 Å². The molecule has 0 spiro atoms. The van der Waals surface area contributed by atoms with Gasteiger partial charge in [0.15, 0.2) is 0 Å². The number of hydrogen-bond donors (Lipinski definition) is 1. The Morgan fingerprint density at radius 2 is 1.73 bits per heavy atom. The van der Waals surface area contributed by atoms with Crippen LogP contribution in [-0.4, -0.2) is 23.3 Å². The van der Waals surface area contributed by atoms with Crippen molar-refractivity contribution in [2.45, 2.75) is 46.0 Å². The molecule has 1 heterocycles. The third kappa shape index (κ3) is 5.23. The van der Waals surface area contributed by atoms with Crippen molar-refractivity contribution in [3.63, 3.8) is 0 Å². The predicted octanol–water partition coefficient (Wildman–Crippen LogP) is 2.42. The average molecular weight is 227 g/mol. The molecule has 1 aromatic heterocycles. The Kier molecular flexibility index (Phi) is 6.52. The molecule has 1 rings (SSSR count). The number of aryl methyl sites for hydroxylation is 1. The molecule has 0 aromatic carbocycles. The van der Waals surface area contributed by atoms with Gasteiger partial charge in [0, 0.05) is 19.4 Å². The van der Waals surface area contributed by atoms with Crippen molar-refractivity contribution in [2.75, 3.05) is 13.1 Å². The maximum absolute atomic E-state index is 4.20. The molecule has 0 unspecified atom stereocenters. The summed E-state index contributed by atoms with van der Waals surface area (Å²) in [7, 11) is 0. The molecule has 3 nitrogen and oxygen atoms in total. The zero-order chi connectivity index (χ0) is 10.9. The Hall–Kier alpha value is -0.480. The molecule has 0 aliphatic carbocycles. The highest BCUT2D eigenvalue weighted by Gasteiger charge is 2.02. The van der Waals surface area contributed by atoms with E-state index in [1.807, 2.05) is 0 Å². The molecule has 0 radical (unpaired) electrons. The summed E-state index contributed by atoms with van der Waals surface area (Å²) >= 11 is 1.77. The van der Waals surface area contributed by atoms with Crippen molar-refractivity contribution < 1.29 is 0 Å². The number of hydrogen-bond acceptors (Lipinski definition) is 4. The largest absolute Gasteiger partial charge is 0.316 e. The quantitative estimate of drug-likeness (QED) is 0.693. The maximum Gasteiger partial charge on any atom is 0.118 e. The minimum atomic E-state index is 1.02. The SMILES string of the molecule is CCCCc1nnc(CCNCCC)s1. The molecule has 0 saturated carbocycles. The number of rotatable bonds is 8. The zero-order valence-electron chi connectivity index (χ0n) is 9.75. The van der Waals surface area contributed by atoms with Crippen LogP contribution in [0.15, 0.2) is 0 Å². The lowest BCUT2D eigenvalue weighted by atomic mass is 10.3. The van der Waals surface area contributed by atoms with Crippen molar-refractivity contribution in [1.82, 2.24) is 15.5 Å². The Morgan fingerprint density at radius 3 is 2.40 bits per heavy atom.